The number of aromatic nitrogens is 2. The van der Waals surface area contributed by atoms with E-state index >= 15 is 0 Å². The van der Waals surface area contributed by atoms with Crippen LogP contribution < -0.4 is 5.32 Å². The number of ether oxygens (including phenoxy) is 1. The number of nitrogens with zero attached hydrogens (tertiary/aromatic N) is 2. The average Bonchev–Trinajstić information content (AvgIpc) is 2.25. The van der Waals surface area contributed by atoms with Crippen LogP contribution in [0.4, 0.5) is 5.82 Å². The molecule has 0 aliphatic carbocycles. The molecule has 0 bridgehead atoms. The van der Waals surface area contributed by atoms with E-state index in [1.54, 1.807) is 7.11 Å². The normalized spacial score (nSPS) is 11.6. The largest absolute Gasteiger partial charge is 0.377 e. The van der Waals surface area contributed by atoms with Gasteiger partial charge in [0, 0.05) is 25.1 Å². The summed E-state index contributed by atoms with van der Waals surface area (Å²) in [6.07, 6.45) is 1.08. The highest BCUT2D eigenvalue weighted by Crippen LogP contribution is 2.22. The van der Waals surface area contributed by atoms with Crippen LogP contribution in [0.2, 0.25) is 0 Å². The van der Waals surface area contributed by atoms with Gasteiger partial charge in [0.2, 0.25) is 0 Å². The second kappa shape index (κ2) is 5.96. The van der Waals surface area contributed by atoms with E-state index in [1.807, 2.05) is 6.07 Å². The van der Waals surface area contributed by atoms with Crippen LogP contribution in [0.5, 0.6) is 0 Å². The highest BCUT2D eigenvalue weighted by atomic mass is 16.5. The first kappa shape index (κ1) is 13.9. The highest BCUT2D eigenvalue weighted by molar-refractivity contribution is 5.37. The summed E-state index contributed by atoms with van der Waals surface area (Å²) in [5, 5.41) is 3.30. The molecule has 0 aliphatic heterocycles. The molecule has 1 aromatic rings. The van der Waals surface area contributed by atoms with Gasteiger partial charge in [-0.25, -0.2) is 9.97 Å². The first-order valence-electron chi connectivity index (χ1n) is 6.08. The summed E-state index contributed by atoms with van der Waals surface area (Å²) in [5.74, 6) is 1.62. The maximum absolute atomic E-state index is 5.10. The lowest BCUT2D eigenvalue weighted by molar-refractivity contribution is 0.177. The molecular formula is C13H23N3O. The molecule has 0 saturated heterocycles. The molecule has 0 fully saturated rings. The van der Waals surface area contributed by atoms with Crippen molar-refractivity contribution < 1.29 is 4.74 Å². The first-order valence-corrected chi connectivity index (χ1v) is 6.08. The van der Waals surface area contributed by atoms with Gasteiger partial charge in [-0.2, -0.15) is 0 Å². The Bertz CT molecular complexity index is 358. The van der Waals surface area contributed by atoms with Crippen LogP contribution in [0, 0.1) is 0 Å². The van der Waals surface area contributed by atoms with Gasteiger partial charge in [0.15, 0.2) is 5.82 Å². The summed E-state index contributed by atoms with van der Waals surface area (Å²) in [5.41, 5.74) is 1.06. The number of hydrogen-bond acceptors (Lipinski definition) is 4. The maximum atomic E-state index is 5.10. The molecule has 1 N–H and O–H groups in total. The molecule has 0 aromatic carbocycles. The standard InChI is InChI=1S/C13H23N3O/c1-6-7-14-11-8-10(13(2,3)4)15-12(16-11)9-17-5/h8H,6-7,9H2,1-5H3,(H,14,15,16). The van der Waals surface area contributed by atoms with E-state index in [0.29, 0.717) is 6.61 Å². The fourth-order valence-corrected chi connectivity index (χ4v) is 1.42. The molecule has 0 spiro atoms. The Morgan fingerprint density at radius 3 is 2.53 bits per heavy atom. The number of hydrogen-bond donors (Lipinski definition) is 1. The zero-order valence-electron chi connectivity index (χ0n) is 11.5. The minimum atomic E-state index is 0.0219. The molecule has 0 amide bonds. The van der Waals surface area contributed by atoms with E-state index in [4.69, 9.17) is 4.74 Å². The van der Waals surface area contributed by atoms with Gasteiger partial charge in [0.25, 0.3) is 0 Å². The Balaban J connectivity index is 3.01. The van der Waals surface area contributed by atoms with Crippen molar-refractivity contribution in [3.8, 4) is 0 Å². The molecular weight excluding hydrogens is 214 g/mol. The number of methoxy groups -OCH3 is 1. The van der Waals surface area contributed by atoms with Gasteiger partial charge in [-0.15, -0.1) is 0 Å². The minimum absolute atomic E-state index is 0.0219. The van der Waals surface area contributed by atoms with E-state index in [0.717, 1.165) is 30.3 Å². The second-order valence-corrected chi connectivity index (χ2v) is 5.16. The van der Waals surface area contributed by atoms with E-state index < -0.39 is 0 Å². The van der Waals surface area contributed by atoms with E-state index in [1.165, 1.54) is 0 Å². The maximum Gasteiger partial charge on any atom is 0.156 e. The van der Waals surface area contributed by atoms with E-state index in [9.17, 15) is 0 Å². The fourth-order valence-electron chi connectivity index (χ4n) is 1.42. The number of anilines is 1. The Hall–Kier alpha value is -1.16. The smallest absolute Gasteiger partial charge is 0.156 e. The Morgan fingerprint density at radius 1 is 1.29 bits per heavy atom. The quantitative estimate of drug-likeness (QED) is 0.855. The van der Waals surface area contributed by atoms with E-state index in [-0.39, 0.29) is 5.41 Å². The molecule has 17 heavy (non-hydrogen) atoms. The molecule has 0 saturated carbocycles. The van der Waals surface area contributed by atoms with Crippen molar-refractivity contribution in [2.24, 2.45) is 0 Å². The molecule has 96 valence electrons. The summed E-state index contributed by atoms with van der Waals surface area (Å²) in [4.78, 5) is 8.95. The monoisotopic (exact) mass is 237 g/mol. The van der Waals surface area contributed by atoms with Gasteiger partial charge in [-0.3, -0.25) is 0 Å². The summed E-state index contributed by atoms with van der Waals surface area (Å²) in [6.45, 7) is 9.95. The number of nitrogens with one attached hydrogen (secondary N) is 1. The van der Waals surface area contributed by atoms with Crippen LogP contribution in [0.1, 0.15) is 45.6 Å². The molecule has 4 nitrogen and oxygen atoms in total. The van der Waals surface area contributed by atoms with Crippen LogP contribution in [-0.2, 0) is 16.8 Å². The van der Waals surface area contributed by atoms with Crippen molar-refractivity contribution in [2.75, 3.05) is 19.0 Å². The molecule has 0 aliphatic rings. The van der Waals surface area contributed by atoms with Crippen LogP contribution >= 0.6 is 0 Å². The van der Waals surface area contributed by atoms with Gasteiger partial charge in [-0.1, -0.05) is 27.7 Å². The fraction of sp³-hybridized carbons (Fsp3) is 0.692. The number of rotatable bonds is 5. The third-order valence-electron chi connectivity index (χ3n) is 2.37. The molecule has 0 unspecified atom stereocenters. The topological polar surface area (TPSA) is 47.0 Å². The zero-order valence-corrected chi connectivity index (χ0v) is 11.5. The van der Waals surface area contributed by atoms with Gasteiger partial charge in [0.1, 0.15) is 12.4 Å². The van der Waals surface area contributed by atoms with Gasteiger partial charge in [-0.05, 0) is 6.42 Å². The second-order valence-electron chi connectivity index (χ2n) is 5.16. The third-order valence-corrected chi connectivity index (χ3v) is 2.37. The van der Waals surface area contributed by atoms with Crippen molar-refractivity contribution in [1.82, 2.24) is 9.97 Å². The van der Waals surface area contributed by atoms with Gasteiger partial charge < -0.3 is 10.1 Å². The molecule has 0 radical (unpaired) electrons. The summed E-state index contributed by atoms with van der Waals surface area (Å²) >= 11 is 0. The van der Waals surface area contributed by atoms with Gasteiger partial charge in [0.05, 0.1) is 5.69 Å². The van der Waals surface area contributed by atoms with Crippen LogP contribution in [0.25, 0.3) is 0 Å². The summed E-state index contributed by atoms with van der Waals surface area (Å²) in [6, 6.07) is 2.02. The van der Waals surface area contributed by atoms with E-state index in [2.05, 4.69) is 43.0 Å². The lowest BCUT2D eigenvalue weighted by Gasteiger charge is -2.19. The minimum Gasteiger partial charge on any atom is -0.377 e. The van der Waals surface area contributed by atoms with Crippen molar-refractivity contribution in [3.05, 3.63) is 17.6 Å². The predicted octanol–water partition coefficient (Wildman–Crippen LogP) is 2.74. The zero-order chi connectivity index (χ0) is 12.9. The van der Waals surface area contributed by atoms with Crippen LogP contribution in [-0.4, -0.2) is 23.6 Å². The highest BCUT2D eigenvalue weighted by Gasteiger charge is 2.17. The van der Waals surface area contributed by atoms with Crippen LogP contribution in [0.3, 0.4) is 0 Å². The van der Waals surface area contributed by atoms with Crippen molar-refractivity contribution >= 4 is 5.82 Å². The average molecular weight is 237 g/mol. The SMILES string of the molecule is CCCNc1cc(C(C)(C)C)nc(COC)n1. The molecule has 1 heterocycles. The Labute approximate surface area is 104 Å². The van der Waals surface area contributed by atoms with Crippen molar-refractivity contribution in [2.45, 2.75) is 46.1 Å². The lowest BCUT2D eigenvalue weighted by atomic mass is 9.92. The summed E-state index contributed by atoms with van der Waals surface area (Å²) in [7, 11) is 1.66. The molecule has 1 aromatic heterocycles. The van der Waals surface area contributed by atoms with Gasteiger partial charge >= 0.3 is 0 Å². The molecule has 1 rings (SSSR count). The van der Waals surface area contributed by atoms with Crippen molar-refractivity contribution in [1.29, 1.82) is 0 Å². The summed E-state index contributed by atoms with van der Waals surface area (Å²) < 4.78 is 5.10. The van der Waals surface area contributed by atoms with Crippen LogP contribution in [0.15, 0.2) is 6.07 Å². The third kappa shape index (κ3) is 4.30. The van der Waals surface area contributed by atoms with Crippen molar-refractivity contribution in [3.63, 3.8) is 0 Å². The Morgan fingerprint density at radius 2 is 2.00 bits per heavy atom. The Kier molecular flexibility index (Phi) is 4.87. The lowest BCUT2D eigenvalue weighted by Crippen LogP contribution is -2.17. The molecule has 0 atom stereocenters. The predicted molar refractivity (Wildman–Crippen MR) is 70.2 cm³/mol. The molecule has 4 heteroatoms. The first-order chi connectivity index (χ1) is 7.97.